The number of sulfonamides is 2. The minimum Gasteiger partial charge on any atom is -0.225 e. The molecule has 0 aliphatic heterocycles. The molecule has 9 heteroatoms. The van der Waals surface area contributed by atoms with Crippen molar-refractivity contribution in [2.75, 3.05) is 7.05 Å². The fourth-order valence-corrected chi connectivity index (χ4v) is 4.26. The van der Waals surface area contributed by atoms with E-state index >= 15 is 0 Å². The highest BCUT2D eigenvalue weighted by Gasteiger charge is 2.26. The summed E-state index contributed by atoms with van der Waals surface area (Å²) in [7, 11) is -5.97. The average Bonchev–Trinajstić information content (AvgIpc) is 2.53. The Morgan fingerprint density at radius 2 is 1.38 bits per heavy atom. The predicted molar refractivity (Wildman–Crippen MR) is 95.3 cm³/mol. The minimum absolute atomic E-state index is 0.0168. The van der Waals surface area contributed by atoms with Gasteiger partial charge in [-0.25, -0.2) is 22.0 Å². The molecule has 0 aromatic heterocycles. The van der Waals surface area contributed by atoms with Crippen molar-refractivity contribution in [3.63, 3.8) is 0 Å². The molecule has 0 unspecified atom stereocenters. The smallest absolute Gasteiger partial charge is 0.225 e. The Hall–Kier alpha value is -1.26. The summed E-state index contributed by atoms with van der Waals surface area (Å²) >= 11 is 3.27. The van der Waals surface area contributed by atoms with Gasteiger partial charge in [-0.2, -0.15) is 4.31 Å². The molecule has 2 aromatic carbocycles. The van der Waals surface area contributed by atoms with Gasteiger partial charge >= 0.3 is 0 Å². The number of benzene rings is 2. The third-order valence-corrected chi connectivity index (χ3v) is 7.13. The van der Waals surface area contributed by atoms with E-state index in [-0.39, 0.29) is 9.79 Å². The third-order valence-electron chi connectivity index (χ3n) is 3.73. The summed E-state index contributed by atoms with van der Waals surface area (Å²) in [6.07, 6.45) is 0. The van der Waals surface area contributed by atoms with Crippen LogP contribution in [0, 0.1) is 0 Å². The maximum Gasteiger partial charge on any atom is 0.243 e. The number of nitrogens with zero attached hydrogens (tertiary/aromatic N) is 1. The number of primary sulfonamides is 1. The lowest BCUT2D eigenvalue weighted by Gasteiger charge is -2.25. The molecular weight excluding hydrogens is 416 g/mol. The van der Waals surface area contributed by atoms with Crippen molar-refractivity contribution in [3.05, 3.63) is 58.6 Å². The van der Waals surface area contributed by atoms with Gasteiger partial charge in [-0.05, 0) is 48.9 Å². The van der Waals surface area contributed by atoms with Crippen molar-refractivity contribution in [2.24, 2.45) is 5.14 Å². The number of hydrogen-bond acceptors (Lipinski definition) is 4. The van der Waals surface area contributed by atoms with Crippen LogP contribution in [0.15, 0.2) is 62.8 Å². The number of hydrogen-bond donors (Lipinski definition) is 1. The lowest BCUT2D eigenvalue weighted by atomic mass is 10.1. The Labute approximate surface area is 150 Å². The summed E-state index contributed by atoms with van der Waals surface area (Å²) in [4.78, 5) is 0.165. The molecule has 0 heterocycles. The van der Waals surface area contributed by atoms with Gasteiger partial charge in [0, 0.05) is 17.6 Å². The highest BCUT2D eigenvalue weighted by atomic mass is 79.9. The molecule has 0 radical (unpaired) electrons. The largest absolute Gasteiger partial charge is 0.243 e. The Kier molecular flexibility index (Phi) is 5.50. The standard InChI is InChI=1S/C15H17BrN2O4S2/c1-11(12-3-7-14(8-4-12)23(17,19)20)18(2)24(21,22)15-9-5-13(16)6-10-15/h3-11H,1-2H3,(H2,17,19,20)/t11-/m0/s1. The van der Waals surface area contributed by atoms with Crippen molar-refractivity contribution < 1.29 is 16.8 Å². The molecule has 0 saturated heterocycles. The van der Waals surface area contributed by atoms with E-state index in [1.54, 1.807) is 31.2 Å². The molecule has 0 saturated carbocycles. The molecule has 6 nitrogen and oxygen atoms in total. The second kappa shape index (κ2) is 6.93. The Bertz CT molecular complexity index is 924. The van der Waals surface area contributed by atoms with Crippen LogP contribution in [0.2, 0.25) is 0 Å². The first-order valence-electron chi connectivity index (χ1n) is 6.90. The van der Waals surface area contributed by atoms with E-state index in [9.17, 15) is 16.8 Å². The zero-order valence-electron chi connectivity index (χ0n) is 13.0. The van der Waals surface area contributed by atoms with Crippen LogP contribution in [0.25, 0.3) is 0 Å². The SMILES string of the molecule is C[C@@H](c1ccc(S(N)(=O)=O)cc1)N(C)S(=O)(=O)c1ccc(Br)cc1. The quantitative estimate of drug-likeness (QED) is 0.784. The zero-order valence-corrected chi connectivity index (χ0v) is 16.3. The van der Waals surface area contributed by atoms with Gasteiger partial charge in [0.2, 0.25) is 20.0 Å². The van der Waals surface area contributed by atoms with Gasteiger partial charge in [0.25, 0.3) is 0 Å². The van der Waals surface area contributed by atoms with Gasteiger partial charge < -0.3 is 0 Å². The van der Waals surface area contributed by atoms with Gasteiger partial charge in [0.15, 0.2) is 0 Å². The molecule has 0 aliphatic carbocycles. The van der Waals surface area contributed by atoms with Gasteiger partial charge in [-0.15, -0.1) is 0 Å². The van der Waals surface area contributed by atoms with E-state index in [4.69, 9.17) is 5.14 Å². The highest BCUT2D eigenvalue weighted by molar-refractivity contribution is 9.10. The van der Waals surface area contributed by atoms with Gasteiger partial charge in [-0.3, -0.25) is 0 Å². The summed E-state index contributed by atoms with van der Waals surface area (Å²) < 4.78 is 50.0. The maximum atomic E-state index is 12.7. The maximum absolute atomic E-state index is 12.7. The van der Waals surface area contributed by atoms with Crippen LogP contribution in [0.3, 0.4) is 0 Å². The van der Waals surface area contributed by atoms with Crippen molar-refractivity contribution in [2.45, 2.75) is 22.8 Å². The Morgan fingerprint density at radius 3 is 1.83 bits per heavy atom. The van der Waals surface area contributed by atoms with Gasteiger partial charge in [0.05, 0.1) is 9.79 Å². The molecule has 0 fully saturated rings. The molecule has 0 amide bonds. The van der Waals surface area contributed by atoms with Gasteiger partial charge in [0.1, 0.15) is 0 Å². The number of halogens is 1. The summed E-state index contributed by atoms with van der Waals surface area (Å²) in [5, 5.41) is 5.06. The lowest BCUT2D eigenvalue weighted by molar-refractivity contribution is 0.398. The number of nitrogens with two attached hydrogens (primary N) is 1. The second-order valence-electron chi connectivity index (χ2n) is 5.27. The Morgan fingerprint density at radius 1 is 0.917 bits per heavy atom. The molecule has 24 heavy (non-hydrogen) atoms. The third kappa shape index (κ3) is 4.04. The first-order valence-corrected chi connectivity index (χ1v) is 10.7. The van der Waals surface area contributed by atoms with Crippen LogP contribution < -0.4 is 5.14 Å². The fourth-order valence-electron chi connectivity index (χ4n) is 2.13. The average molecular weight is 433 g/mol. The van der Waals surface area contributed by atoms with Gasteiger partial charge in [-0.1, -0.05) is 28.1 Å². The molecule has 130 valence electrons. The summed E-state index contributed by atoms with van der Waals surface area (Å²) in [6, 6.07) is 11.7. The molecule has 2 N–H and O–H groups in total. The zero-order chi connectivity index (χ0) is 18.1. The van der Waals surface area contributed by atoms with Crippen LogP contribution in [0.1, 0.15) is 18.5 Å². The molecule has 0 bridgehead atoms. The normalized spacial score (nSPS) is 13.9. The Balaban J connectivity index is 2.31. The van der Waals surface area contributed by atoms with E-state index in [1.165, 1.54) is 35.6 Å². The van der Waals surface area contributed by atoms with E-state index in [0.717, 1.165) is 4.47 Å². The minimum atomic E-state index is -3.78. The van der Waals surface area contributed by atoms with Crippen LogP contribution in [0.4, 0.5) is 0 Å². The number of rotatable bonds is 5. The molecule has 2 rings (SSSR count). The monoisotopic (exact) mass is 432 g/mol. The van der Waals surface area contributed by atoms with Crippen molar-refractivity contribution in [1.82, 2.24) is 4.31 Å². The van der Waals surface area contributed by atoms with Crippen LogP contribution in [-0.2, 0) is 20.0 Å². The van der Waals surface area contributed by atoms with Crippen LogP contribution >= 0.6 is 15.9 Å². The van der Waals surface area contributed by atoms with E-state index in [0.29, 0.717) is 5.56 Å². The highest BCUT2D eigenvalue weighted by Crippen LogP contribution is 2.27. The molecule has 1 atom stereocenters. The van der Waals surface area contributed by atoms with Crippen LogP contribution in [-0.4, -0.2) is 28.2 Å². The first-order chi connectivity index (χ1) is 11.0. The summed E-state index contributed by atoms with van der Waals surface area (Å²) in [6.45, 7) is 1.72. The predicted octanol–water partition coefficient (Wildman–Crippen LogP) is 2.48. The topological polar surface area (TPSA) is 97.5 Å². The summed E-state index contributed by atoms with van der Waals surface area (Å²) in [5.41, 5.74) is 0.658. The molecular formula is C15H17BrN2O4S2. The lowest BCUT2D eigenvalue weighted by Crippen LogP contribution is -2.29. The van der Waals surface area contributed by atoms with Crippen molar-refractivity contribution in [3.8, 4) is 0 Å². The summed E-state index contributed by atoms with van der Waals surface area (Å²) in [5.74, 6) is 0. The van der Waals surface area contributed by atoms with E-state index in [1.807, 2.05) is 0 Å². The van der Waals surface area contributed by atoms with Crippen molar-refractivity contribution in [1.29, 1.82) is 0 Å². The first kappa shape index (κ1) is 19.1. The second-order valence-corrected chi connectivity index (χ2v) is 9.74. The molecule has 0 aliphatic rings. The van der Waals surface area contributed by atoms with Crippen LogP contribution in [0.5, 0.6) is 0 Å². The van der Waals surface area contributed by atoms with Crippen molar-refractivity contribution >= 4 is 36.0 Å². The molecule has 0 spiro atoms. The fraction of sp³-hybridized carbons (Fsp3) is 0.200. The molecule has 2 aromatic rings. The van der Waals surface area contributed by atoms with E-state index < -0.39 is 26.1 Å². The van der Waals surface area contributed by atoms with E-state index in [2.05, 4.69) is 15.9 Å².